The van der Waals surface area contributed by atoms with Crippen molar-refractivity contribution in [1.82, 2.24) is 20.0 Å². The van der Waals surface area contributed by atoms with Crippen molar-refractivity contribution in [2.45, 2.75) is 39.2 Å². The number of nitrogens with zero attached hydrogens (tertiary/aromatic N) is 5. The molecule has 0 aromatic heterocycles. The molecule has 0 bridgehead atoms. The summed E-state index contributed by atoms with van der Waals surface area (Å²) in [5, 5.41) is 12.3. The predicted octanol–water partition coefficient (Wildman–Crippen LogP) is 2.18. The fourth-order valence-corrected chi connectivity index (χ4v) is 4.08. The number of nitrogens with one attached hydrogen (secondary N) is 1. The maximum absolute atomic E-state index is 14.1. The molecule has 1 aromatic carbocycles. The number of amides is 1. The maximum atomic E-state index is 14.1. The molecule has 0 saturated carbocycles. The van der Waals surface area contributed by atoms with Gasteiger partial charge in [0, 0.05) is 51.4 Å². The average molecular weight is 429 g/mol. The van der Waals surface area contributed by atoms with E-state index in [9.17, 15) is 9.18 Å². The number of carbonyl (C=O) groups is 1. The number of piperazine rings is 1. The van der Waals surface area contributed by atoms with E-state index in [-0.39, 0.29) is 18.3 Å². The van der Waals surface area contributed by atoms with Crippen LogP contribution in [0, 0.1) is 17.1 Å². The van der Waals surface area contributed by atoms with E-state index in [1.54, 1.807) is 6.07 Å². The van der Waals surface area contributed by atoms with E-state index in [0.29, 0.717) is 24.2 Å². The van der Waals surface area contributed by atoms with Crippen molar-refractivity contribution in [3.8, 4) is 6.07 Å². The summed E-state index contributed by atoms with van der Waals surface area (Å²) >= 11 is 0. The van der Waals surface area contributed by atoms with Gasteiger partial charge in [0.25, 0.3) is 0 Å². The van der Waals surface area contributed by atoms with Gasteiger partial charge in [-0.2, -0.15) is 5.26 Å². The first-order valence-electron chi connectivity index (χ1n) is 11.3. The van der Waals surface area contributed by atoms with E-state index in [1.807, 2.05) is 17.9 Å². The smallest absolute Gasteiger partial charge is 0.236 e. The Hall–Kier alpha value is -2.66. The number of benzene rings is 1. The van der Waals surface area contributed by atoms with Crippen LogP contribution < -0.4 is 5.32 Å². The van der Waals surface area contributed by atoms with Crippen molar-refractivity contribution in [3.63, 3.8) is 0 Å². The number of hydrogen-bond donors (Lipinski definition) is 1. The van der Waals surface area contributed by atoms with Gasteiger partial charge in [0.2, 0.25) is 5.91 Å². The lowest BCUT2D eigenvalue weighted by molar-refractivity contribution is -0.132. The van der Waals surface area contributed by atoms with Crippen molar-refractivity contribution in [2.75, 3.05) is 52.4 Å². The van der Waals surface area contributed by atoms with Gasteiger partial charge in [-0.05, 0) is 38.0 Å². The maximum Gasteiger partial charge on any atom is 0.236 e. The third-order valence-corrected chi connectivity index (χ3v) is 5.90. The lowest BCUT2D eigenvalue weighted by Gasteiger charge is -2.37. The molecule has 3 rings (SSSR count). The molecular formula is C23H33FN6O. The van der Waals surface area contributed by atoms with Gasteiger partial charge in [-0.3, -0.25) is 9.69 Å². The summed E-state index contributed by atoms with van der Waals surface area (Å²) in [6, 6.07) is 6.38. The Morgan fingerprint density at radius 1 is 1.10 bits per heavy atom. The van der Waals surface area contributed by atoms with Crippen LogP contribution in [-0.4, -0.2) is 78.9 Å². The van der Waals surface area contributed by atoms with E-state index in [0.717, 1.165) is 58.1 Å². The number of rotatable bonds is 5. The number of carbonyl (C=O) groups excluding carboxylic acids is 1. The molecule has 8 heteroatoms. The molecule has 168 valence electrons. The lowest BCUT2D eigenvalue weighted by Crippen LogP contribution is -2.54. The highest BCUT2D eigenvalue weighted by atomic mass is 19.1. The third-order valence-electron chi connectivity index (χ3n) is 5.90. The van der Waals surface area contributed by atoms with Crippen LogP contribution in [-0.2, 0) is 11.3 Å². The first-order valence-corrected chi connectivity index (χ1v) is 11.3. The molecule has 0 radical (unpaired) electrons. The van der Waals surface area contributed by atoms with Crippen molar-refractivity contribution >= 4 is 11.9 Å². The van der Waals surface area contributed by atoms with E-state index >= 15 is 0 Å². The molecule has 1 amide bonds. The van der Waals surface area contributed by atoms with E-state index in [1.165, 1.54) is 25.0 Å². The highest BCUT2D eigenvalue weighted by molar-refractivity contribution is 5.80. The van der Waals surface area contributed by atoms with Crippen LogP contribution in [0.15, 0.2) is 23.2 Å². The minimum absolute atomic E-state index is 0.178. The highest BCUT2D eigenvalue weighted by Crippen LogP contribution is 2.13. The first kappa shape index (κ1) is 23.0. The van der Waals surface area contributed by atoms with Crippen LogP contribution in [0.3, 0.4) is 0 Å². The Bertz CT molecular complexity index is 805. The number of hydrogen-bond acceptors (Lipinski definition) is 4. The number of likely N-dealkylation sites (tertiary alicyclic amines) is 1. The molecule has 0 spiro atoms. The molecule has 0 aliphatic carbocycles. The number of halogens is 1. The average Bonchev–Trinajstić information content (AvgIpc) is 3.08. The molecule has 31 heavy (non-hydrogen) atoms. The first-order chi connectivity index (χ1) is 15.1. The Morgan fingerprint density at radius 2 is 1.81 bits per heavy atom. The zero-order valence-electron chi connectivity index (χ0n) is 18.4. The molecule has 1 N–H and O–H groups in total. The predicted molar refractivity (Wildman–Crippen MR) is 119 cm³/mol. The van der Waals surface area contributed by atoms with Crippen molar-refractivity contribution < 1.29 is 9.18 Å². The molecule has 2 heterocycles. The van der Waals surface area contributed by atoms with Crippen molar-refractivity contribution in [2.24, 2.45) is 4.99 Å². The van der Waals surface area contributed by atoms with Crippen molar-refractivity contribution in [3.05, 3.63) is 35.1 Å². The van der Waals surface area contributed by atoms with Crippen LogP contribution in [0.4, 0.5) is 4.39 Å². The zero-order chi connectivity index (χ0) is 22.1. The van der Waals surface area contributed by atoms with Crippen LogP contribution in [0.1, 0.15) is 43.7 Å². The van der Waals surface area contributed by atoms with E-state index in [4.69, 9.17) is 5.26 Å². The number of nitriles is 1. The summed E-state index contributed by atoms with van der Waals surface area (Å²) in [5.74, 6) is 0.627. The summed E-state index contributed by atoms with van der Waals surface area (Å²) in [4.78, 5) is 23.6. The standard InChI is InChI=1S/C23H33FN6O/c1-2-26-23(27-17-20-15-19(16-25)7-8-21(20)24)30-13-11-28(12-14-30)18-22(31)29-9-5-3-4-6-10-29/h7-8,15H,2-6,9-14,17-18H2,1H3,(H,26,27). The van der Waals surface area contributed by atoms with E-state index < -0.39 is 0 Å². The molecule has 0 unspecified atom stereocenters. The summed E-state index contributed by atoms with van der Waals surface area (Å²) in [5.41, 5.74) is 0.843. The third kappa shape index (κ3) is 6.66. The zero-order valence-corrected chi connectivity index (χ0v) is 18.4. The Labute approximate surface area is 184 Å². The molecule has 0 atom stereocenters. The summed E-state index contributed by atoms with van der Waals surface area (Å²) in [7, 11) is 0. The second-order valence-corrected chi connectivity index (χ2v) is 8.15. The molecule has 2 saturated heterocycles. The lowest BCUT2D eigenvalue weighted by atomic mass is 10.1. The van der Waals surface area contributed by atoms with Crippen LogP contribution >= 0.6 is 0 Å². The molecule has 7 nitrogen and oxygen atoms in total. The van der Waals surface area contributed by atoms with Gasteiger partial charge in [-0.15, -0.1) is 0 Å². The second kappa shape index (κ2) is 11.7. The minimum Gasteiger partial charge on any atom is -0.357 e. The quantitative estimate of drug-likeness (QED) is 0.575. The molecule has 2 aliphatic heterocycles. The largest absolute Gasteiger partial charge is 0.357 e. The Balaban J connectivity index is 1.55. The Morgan fingerprint density at radius 3 is 2.45 bits per heavy atom. The minimum atomic E-state index is -0.351. The van der Waals surface area contributed by atoms with E-state index in [2.05, 4.69) is 20.1 Å². The van der Waals surface area contributed by atoms with Crippen LogP contribution in [0.5, 0.6) is 0 Å². The van der Waals surface area contributed by atoms with Gasteiger partial charge in [0.15, 0.2) is 5.96 Å². The monoisotopic (exact) mass is 428 g/mol. The summed E-state index contributed by atoms with van der Waals surface area (Å²) in [6.45, 7) is 8.27. The van der Waals surface area contributed by atoms with Gasteiger partial charge in [-0.25, -0.2) is 9.38 Å². The van der Waals surface area contributed by atoms with Gasteiger partial charge in [0.05, 0.1) is 24.7 Å². The molecule has 2 aliphatic rings. The fraction of sp³-hybridized carbons (Fsp3) is 0.609. The van der Waals surface area contributed by atoms with Gasteiger partial charge < -0.3 is 15.1 Å². The number of guanidine groups is 1. The van der Waals surface area contributed by atoms with Crippen LogP contribution in [0.25, 0.3) is 0 Å². The fourth-order valence-electron chi connectivity index (χ4n) is 4.08. The SMILES string of the molecule is CCNC(=NCc1cc(C#N)ccc1F)N1CCN(CC(=O)N2CCCCCC2)CC1. The normalized spacial score (nSPS) is 18.4. The summed E-state index contributed by atoms with van der Waals surface area (Å²) < 4.78 is 14.1. The Kier molecular flexibility index (Phi) is 8.65. The highest BCUT2D eigenvalue weighted by Gasteiger charge is 2.23. The van der Waals surface area contributed by atoms with Gasteiger partial charge in [0.1, 0.15) is 5.82 Å². The van der Waals surface area contributed by atoms with Gasteiger partial charge in [-0.1, -0.05) is 12.8 Å². The van der Waals surface area contributed by atoms with Crippen LogP contribution in [0.2, 0.25) is 0 Å². The second-order valence-electron chi connectivity index (χ2n) is 8.15. The van der Waals surface area contributed by atoms with Crippen molar-refractivity contribution in [1.29, 1.82) is 5.26 Å². The van der Waals surface area contributed by atoms with Gasteiger partial charge >= 0.3 is 0 Å². The topological polar surface area (TPSA) is 75.0 Å². The number of aliphatic imine (C=N–C) groups is 1. The molecule has 1 aromatic rings. The molecular weight excluding hydrogens is 395 g/mol. The summed E-state index contributed by atoms with van der Waals surface area (Å²) in [6.07, 6.45) is 4.67. The molecule has 2 fully saturated rings.